The third-order valence-electron chi connectivity index (χ3n) is 7.24. The number of esters is 1. The van der Waals surface area contributed by atoms with Crippen LogP contribution in [0.5, 0.6) is 0 Å². The van der Waals surface area contributed by atoms with Gasteiger partial charge in [-0.15, -0.1) is 0 Å². The number of ether oxygens (including phenoxy) is 2. The Morgan fingerprint density at radius 2 is 1.77 bits per heavy atom. The maximum atomic E-state index is 13.3. The molecule has 0 heterocycles. The number of hydrogen-bond acceptors (Lipinski definition) is 7. The number of benzene rings is 2. The summed E-state index contributed by atoms with van der Waals surface area (Å²) < 4.78 is 10.5. The van der Waals surface area contributed by atoms with Gasteiger partial charge in [0.25, 0.3) is 5.91 Å². The number of carbonyl (C=O) groups excluding carboxylic acids is 4. The molecule has 9 nitrogen and oxygen atoms in total. The Balaban J connectivity index is 1.60. The van der Waals surface area contributed by atoms with Crippen molar-refractivity contribution in [2.75, 3.05) is 38.8 Å². The summed E-state index contributed by atoms with van der Waals surface area (Å²) in [6, 6.07) is 14.8. The summed E-state index contributed by atoms with van der Waals surface area (Å²) in [6.07, 6.45) is 4.06. The van der Waals surface area contributed by atoms with Gasteiger partial charge in [-0.25, -0.2) is 0 Å². The highest BCUT2D eigenvalue weighted by atomic mass is 16.5. The molecule has 40 heavy (non-hydrogen) atoms. The van der Waals surface area contributed by atoms with E-state index in [9.17, 15) is 19.2 Å². The molecule has 0 bridgehead atoms. The minimum atomic E-state index is -0.737. The molecule has 0 unspecified atom stereocenters. The third kappa shape index (κ3) is 8.91. The van der Waals surface area contributed by atoms with Gasteiger partial charge in [0, 0.05) is 43.6 Å². The fourth-order valence-corrected chi connectivity index (χ4v) is 4.81. The van der Waals surface area contributed by atoms with Gasteiger partial charge in [-0.2, -0.15) is 0 Å². The average molecular weight is 552 g/mol. The summed E-state index contributed by atoms with van der Waals surface area (Å²) in [5.74, 6) is -1.95. The first-order valence-electron chi connectivity index (χ1n) is 14.0. The molecular weight excluding hydrogens is 510 g/mol. The zero-order valence-electron chi connectivity index (χ0n) is 23.7. The normalized spacial score (nSPS) is 17.1. The molecule has 9 heteroatoms. The summed E-state index contributed by atoms with van der Waals surface area (Å²) in [7, 11) is 3.57. The van der Waals surface area contributed by atoms with Crippen molar-refractivity contribution >= 4 is 29.3 Å². The van der Waals surface area contributed by atoms with Crippen molar-refractivity contribution in [3.05, 3.63) is 65.7 Å². The number of likely N-dealkylation sites (N-methyl/N-ethyl adjacent to an activating group) is 1. The molecule has 1 aliphatic carbocycles. The molecule has 0 spiro atoms. The van der Waals surface area contributed by atoms with E-state index in [4.69, 9.17) is 9.47 Å². The topological polar surface area (TPSA) is 114 Å². The van der Waals surface area contributed by atoms with Crippen molar-refractivity contribution in [2.24, 2.45) is 5.92 Å². The lowest BCUT2D eigenvalue weighted by atomic mass is 10.0. The number of nitrogens with zero attached hydrogens (tertiary/aromatic N) is 1. The summed E-state index contributed by atoms with van der Waals surface area (Å²) in [5, 5.41) is 5.88. The molecule has 0 aromatic heterocycles. The van der Waals surface area contributed by atoms with Crippen molar-refractivity contribution in [1.29, 1.82) is 0 Å². The fraction of sp³-hybridized carbons (Fsp3) is 0.484. The van der Waals surface area contributed by atoms with Gasteiger partial charge < -0.3 is 25.0 Å². The van der Waals surface area contributed by atoms with Crippen LogP contribution >= 0.6 is 0 Å². The van der Waals surface area contributed by atoms with Crippen molar-refractivity contribution in [2.45, 2.75) is 57.5 Å². The maximum Gasteiger partial charge on any atom is 0.311 e. The molecule has 2 N–H and O–H groups in total. The van der Waals surface area contributed by atoms with Gasteiger partial charge in [-0.1, -0.05) is 62.6 Å². The molecule has 2 aromatic carbocycles. The second-order valence-electron chi connectivity index (χ2n) is 10.2. The van der Waals surface area contributed by atoms with Crippen LogP contribution in [0.2, 0.25) is 0 Å². The van der Waals surface area contributed by atoms with E-state index >= 15 is 0 Å². The molecular formula is C31H41N3O6. The number of Topliss-reactive ketones (excluding diaryl/α,β-unsaturated/α-hetero) is 1. The smallest absolute Gasteiger partial charge is 0.311 e. The number of anilines is 1. The van der Waals surface area contributed by atoms with Crippen molar-refractivity contribution in [1.82, 2.24) is 10.6 Å². The Hall–Kier alpha value is -3.72. The van der Waals surface area contributed by atoms with Gasteiger partial charge in [-0.3, -0.25) is 19.2 Å². The van der Waals surface area contributed by atoms with Crippen LogP contribution in [0, 0.1) is 5.92 Å². The molecule has 2 aromatic rings. The molecule has 0 saturated heterocycles. The zero-order valence-corrected chi connectivity index (χ0v) is 23.7. The van der Waals surface area contributed by atoms with Crippen LogP contribution in [0.15, 0.2) is 54.6 Å². The monoisotopic (exact) mass is 551 g/mol. The molecule has 1 saturated carbocycles. The number of unbranched alkanes of at least 4 members (excludes halogenated alkanes) is 1. The molecule has 0 aliphatic heterocycles. The van der Waals surface area contributed by atoms with Crippen LogP contribution in [0.1, 0.15) is 66.2 Å². The number of amides is 2. The number of methoxy groups -OCH3 is 1. The van der Waals surface area contributed by atoms with E-state index in [1.165, 1.54) is 0 Å². The Labute approximate surface area is 236 Å². The molecule has 216 valence electrons. The second-order valence-corrected chi connectivity index (χ2v) is 10.2. The number of nitrogens with one attached hydrogen (secondary N) is 2. The van der Waals surface area contributed by atoms with Crippen molar-refractivity contribution in [3.8, 4) is 0 Å². The van der Waals surface area contributed by atoms with Gasteiger partial charge in [0.15, 0.2) is 12.4 Å². The summed E-state index contributed by atoms with van der Waals surface area (Å²) in [5.41, 5.74) is 1.81. The predicted octanol–water partition coefficient (Wildman–Crippen LogP) is 3.77. The lowest BCUT2D eigenvalue weighted by Gasteiger charge is -2.24. The lowest BCUT2D eigenvalue weighted by molar-refractivity contribution is -0.148. The highest BCUT2D eigenvalue weighted by Gasteiger charge is 2.36. The first kappa shape index (κ1) is 30.8. The number of carbonyl (C=O) groups is 4. The standard InChI is InChI=1S/C31H41N3O6/c1-4-5-16-27(33-29(36)23-13-9-14-24(20-23)34(2)18-19-39-3)30(37)32-26-17-10-15-25(26)31(38)40-21-28(35)22-11-7-6-8-12-22/h6-9,11-14,20,25-27H,4-5,10,15-19,21H2,1-3H3,(H,32,37)(H,33,36)/t25-,26+,27+/m1/s1. The molecule has 3 atom stereocenters. The summed E-state index contributed by atoms with van der Waals surface area (Å²) in [4.78, 5) is 53.6. The largest absolute Gasteiger partial charge is 0.457 e. The van der Waals surface area contributed by atoms with E-state index in [0.717, 1.165) is 24.9 Å². The molecule has 1 fully saturated rings. The number of rotatable bonds is 15. The van der Waals surface area contributed by atoms with E-state index in [2.05, 4.69) is 10.6 Å². The van der Waals surface area contributed by atoms with E-state index in [1.54, 1.807) is 43.5 Å². The summed E-state index contributed by atoms with van der Waals surface area (Å²) in [6.45, 7) is 2.92. The fourth-order valence-electron chi connectivity index (χ4n) is 4.81. The van der Waals surface area contributed by atoms with Gasteiger partial charge in [0.05, 0.1) is 12.5 Å². The highest BCUT2D eigenvalue weighted by Crippen LogP contribution is 2.27. The lowest BCUT2D eigenvalue weighted by Crippen LogP contribution is -2.51. The van der Waals surface area contributed by atoms with E-state index in [-0.39, 0.29) is 24.2 Å². The number of ketones is 1. The van der Waals surface area contributed by atoms with Gasteiger partial charge in [0.1, 0.15) is 6.04 Å². The van der Waals surface area contributed by atoms with E-state index < -0.39 is 24.0 Å². The first-order chi connectivity index (χ1) is 19.3. The Kier molecular flexibility index (Phi) is 12.1. The number of hydrogen-bond donors (Lipinski definition) is 2. The molecule has 2 amide bonds. The Morgan fingerprint density at radius 3 is 2.50 bits per heavy atom. The van der Waals surface area contributed by atoms with Crippen molar-refractivity contribution < 1.29 is 28.7 Å². The average Bonchev–Trinajstić information content (AvgIpc) is 3.45. The quantitative estimate of drug-likeness (QED) is 0.256. The van der Waals surface area contributed by atoms with E-state index in [0.29, 0.717) is 43.5 Å². The maximum absolute atomic E-state index is 13.3. The molecule has 1 aliphatic rings. The third-order valence-corrected chi connectivity index (χ3v) is 7.24. The predicted molar refractivity (Wildman–Crippen MR) is 153 cm³/mol. The molecule has 0 radical (unpaired) electrons. The second kappa shape index (κ2) is 15.8. The SMILES string of the molecule is CCCC[C@H](NC(=O)c1cccc(N(C)CCOC)c1)C(=O)N[C@H]1CCC[C@H]1C(=O)OCC(=O)c1ccccc1. The molecule has 3 rings (SSSR count). The van der Waals surface area contributed by atoms with Gasteiger partial charge in [0.2, 0.25) is 5.91 Å². The van der Waals surface area contributed by atoms with Crippen LogP contribution < -0.4 is 15.5 Å². The Bertz CT molecular complexity index is 1140. The van der Waals surface area contributed by atoms with Crippen molar-refractivity contribution in [3.63, 3.8) is 0 Å². The minimum absolute atomic E-state index is 0.274. The van der Waals surface area contributed by atoms with Crippen LogP contribution in [0.3, 0.4) is 0 Å². The zero-order chi connectivity index (χ0) is 28.9. The van der Waals surface area contributed by atoms with Gasteiger partial charge >= 0.3 is 5.97 Å². The van der Waals surface area contributed by atoms with Crippen LogP contribution in [0.25, 0.3) is 0 Å². The minimum Gasteiger partial charge on any atom is -0.457 e. The van der Waals surface area contributed by atoms with Crippen LogP contribution in [-0.4, -0.2) is 69.6 Å². The van der Waals surface area contributed by atoms with Gasteiger partial charge in [-0.05, 0) is 37.5 Å². The van der Waals surface area contributed by atoms with E-state index in [1.807, 2.05) is 37.1 Å². The highest BCUT2D eigenvalue weighted by molar-refractivity contribution is 5.99. The van der Waals surface area contributed by atoms with Crippen LogP contribution in [0.4, 0.5) is 5.69 Å². The Morgan fingerprint density at radius 1 is 1.02 bits per heavy atom. The summed E-state index contributed by atoms with van der Waals surface area (Å²) >= 11 is 0. The van der Waals surface area contributed by atoms with Crippen LogP contribution in [-0.2, 0) is 19.1 Å². The first-order valence-corrected chi connectivity index (χ1v) is 14.0.